The van der Waals surface area contributed by atoms with Crippen molar-refractivity contribution in [2.75, 3.05) is 39.5 Å². The number of guanidine groups is 1. The second kappa shape index (κ2) is 14.3. The summed E-state index contributed by atoms with van der Waals surface area (Å²) in [5.74, 6) is 2.39. The van der Waals surface area contributed by atoms with Crippen molar-refractivity contribution in [1.82, 2.24) is 10.6 Å². The Hall–Kier alpha value is -0.800. The van der Waals surface area contributed by atoms with Crippen molar-refractivity contribution in [2.45, 2.75) is 45.6 Å². The van der Waals surface area contributed by atoms with Gasteiger partial charge < -0.3 is 24.5 Å². The second-order valence-corrected chi connectivity index (χ2v) is 6.83. The Balaban J connectivity index is 0.00000338. The van der Waals surface area contributed by atoms with Gasteiger partial charge in [0.05, 0.1) is 19.0 Å². The van der Waals surface area contributed by atoms with Crippen molar-refractivity contribution in [2.24, 2.45) is 10.9 Å². The van der Waals surface area contributed by atoms with E-state index < -0.39 is 0 Å². The molecule has 0 spiro atoms. The minimum absolute atomic E-state index is 0. The monoisotopic (exact) mass is 479 g/mol. The Morgan fingerprint density at radius 3 is 2.88 bits per heavy atom. The van der Waals surface area contributed by atoms with Crippen LogP contribution in [0.15, 0.2) is 27.8 Å². The Morgan fingerprint density at radius 2 is 2.19 bits per heavy atom. The molecule has 0 radical (unpaired) electrons. The lowest BCUT2D eigenvalue weighted by molar-refractivity contribution is 0.0168. The molecule has 26 heavy (non-hydrogen) atoms. The second-order valence-electron chi connectivity index (χ2n) is 6.83. The number of furan rings is 1. The van der Waals surface area contributed by atoms with Gasteiger partial charge in [0.2, 0.25) is 0 Å². The van der Waals surface area contributed by atoms with Crippen molar-refractivity contribution in [3.05, 3.63) is 24.2 Å². The van der Waals surface area contributed by atoms with Crippen LogP contribution in [0.1, 0.15) is 38.9 Å². The highest BCUT2D eigenvalue weighted by atomic mass is 127. The smallest absolute Gasteiger partial charge is 0.191 e. The maximum atomic E-state index is 5.69. The van der Waals surface area contributed by atoms with E-state index >= 15 is 0 Å². The maximum Gasteiger partial charge on any atom is 0.191 e. The molecule has 1 saturated heterocycles. The molecular weight excluding hydrogens is 445 g/mol. The van der Waals surface area contributed by atoms with E-state index in [0.717, 1.165) is 76.9 Å². The van der Waals surface area contributed by atoms with Gasteiger partial charge in [-0.25, -0.2) is 0 Å². The first-order chi connectivity index (χ1) is 12.2. The molecule has 2 heterocycles. The molecule has 1 fully saturated rings. The van der Waals surface area contributed by atoms with Crippen molar-refractivity contribution < 1.29 is 13.9 Å². The molecule has 7 heteroatoms. The van der Waals surface area contributed by atoms with E-state index in [0.29, 0.717) is 12.0 Å². The zero-order valence-electron chi connectivity index (χ0n) is 16.0. The summed E-state index contributed by atoms with van der Waals surface area (Å²) in [6.07, 6.45) is 6.10. The zero-order valence-corrected chi connectivity index (χ0v) is 18.4. The minimum Gasteiger partial charge on any atom is -0.469 e. The van der Waals surface area contributed by atoms with Crippen molar-refractivity contribution in [3.8, 4) is 0 Å². The SMILES string of the molecule is CC(C)CN=C(NCCCOCC1CCCO1)NCCc1ccco1.I. The number of hydrogen-bond donors (Lipinski definition) is 2. The summed E-state index contributed by atoms with van der Waals surface area (Å²) >= 11 is 0. The molecule has 1 aromatic heterocycles. The van der Waals surface area contributed by atoms with Crippen LogP contribution in [0.25, 0.3) is 0 Å². The molecular formula is C19H34IN3O3. The van der Waals surface area contributed by atoms with E-state index in [1.54, 1.807) is 6.26 Å². The number of halogens is 1. The van der Waals surface area contributed by atoms with Gasteiger partial charge in [-0.2, -0.15) is 0 Å². The van der Waals surface area contributed by atoms with Gasteiger partial charge in [-0.15, -0.1) is 24.0 Å². The average molecular weight is 479 g/mol. The quantitative estimate of drug-likeness (QED) is 0.221. The van der Waals surface area contributed by atoms with Crippen LogP contribution in [-0.2, 0) is 15.9 Å². The molecule has 1 atom stereocenters. The molecule has 6 nitrogen and oxygen atoms in total. The molecule has 0 bridgehead atoms. The van der Waals surface area contributed by atoms with Crippen LogP contribution in [-0.4, -0.2) is 51.5 Å². The van der Waals surface area contributed by atoms with Gasteiger partial charge in [0.25, 0.3) is 0 Å². The molecule has 0 amide bonds. The number of rotatable bonds is 11. The van der Waals surface area contributed by atoms with E-state index in [-0.39, 0.29) is 24.0 Å². The van der Waals surface area contributed by atoms with Gasteiger partial charge in [-0.3, -0.25) is 4.99 Å². The normalized spacial score (nSPS) is 17.3. The van der Waals surface area contributed by atoms with Gasteiger partial charge in [-0.1, -0.05) is 13.8 Å². The fourth-order valence-electron chi connectivity index (χ4n) is 2.58. The first kappa shape index (κ1) is 23.2. The Labute approximate surface area is 174 Å². The van der Waals surface area contributed by atoms with Gasteiger partial charge in [0.15, 0.2) is 5.96 Å². The minimum atomic E-state index is 0. The molecule has 0 aromatic carbocycles. The molecule has 1 aliphatic rings. The third kappa shape index (κ3) is 10.4. The maximum absolute atomic E-state index is 5.69. The highest BCUT2D eigenvalue weighted by Gasteiger charge is 2.14. The first-order valence-corrected chi connectivity index (χ1v) is 9.48. The average Bonchev–Trinajstić information content (AvgIpc) is 3.28. The van der Waals surface area contributed by atoms with E-state index in [1.807, 2.05) is 12.1 Å². The Kier molecular flexibility index (Phi) is 12.8. The molecule has 2 N–H and O–H groups in total. The fraction of sp³-hybridized carbons (Fsp3) is 0.737. The van der Waals surface area contributed by atoms with Crippen molar-refractivity contribution in [3.63, 3.8) is 0 Å². The summed E-state index contributed by atoms with van der Waals surface area (Å²) in [4.78, 5) is 4.63. The van der Waals surface area contributed by atoms with Gasteiger partial charge >= 0.3 is 0 Å². The summed E-state index contributed by atoms with van der Waals surface area (Å²) < 4.78 is 16.6. The third-order valence-electron chi connectivity index (χ3n) is 3.94. The first-order valence-electron chi connectivity index (χ1n) is 9.48. The summed E-state index contributed by atoms with van der Waals surface area (Å²) in [5.41, 5.74) is 0. The number of nitrogens with zero attached hydrogens (tertiary/aromatic N) is 1. The van der Waals surface area contributed by atoms with Gasteiger partial charge in [0, 0.05) is 39.3 Å². The highest BCUT2D eigenvalue weighted by Crippen LogP contribution is 2.11. The summed E-state index contributed by atoms with van der Waals surface area (Å²) in [7, 11) is 0. The third-order valence-corrected chi connectivity index (χ3v) is 3.94. The standard InChI is InChI=1S/C19H33N3O3.HI/c1-16(2)14-22-19(21-10-8-17-6-3-12-24-17)20-9-5-11-23-15-18-7-4-13-25-18;/h3,6,12,16,18H,4-5,7-11,13-15H2,1-2H3,(H2,20,21,22);1H. The number of aliphatic imine (C=N–C) groups is 1. The highest BCUT2D eigenvalue weighted by molar-refractivity contribution is 14.0. The van der Waals surface area contributed by atoms with Crippen LogP contribution < -0.4 is 10.6 Å². The molecule has 150 valence electrons. The number of nitrogens with one attached hydrogen (secondary N) is 2. The molecule has 0 aliphatic carbocycles. The van der Waals surface area contributed by atoms with E-state index in [9.17, 15) is 0 Å². The lowest BCUT2D eigenvalue weighted by atomic mass is 10.2. The predicted molar refractivity (Wildman–Crippen MR) is 115 cm³/mol. The van der Waals surface area contributed by atoms with E-state index in [1.165, 1.54) is 0 Å². The summed E-state index contributed by atoms with van der Waals surface area (Å²) in [6, 6.07) is 3.91. The van der Waals surface area contributed by atoms with Gasteiger partial charge in [-0.05, 0) is 37.3 Å². The molecule has 1 unspecified atom stereocenters. The summed E-state index contributed by atoms with van der Waals surface area (Å²) in [5, 5.41) is 6.75. The largest absolute Gasteiger partial charge is 0.469 e. The van der Waals surface area contributed by atoms with Crippen LogP contribution in [0.2, 0.25) is 0 Å². The lowest BCUT2D eigenvalue weighted by Gasteiger charge is -2.14. The van der Waals surface area contributed by atoms with Crippen LogP contribution in [0.3, 0.4) is 0 Å². The van der Waals surface area contributed by atoms with Gasteiger partial charge in [0.1, 0.15) is 5.76 Å². The molecule has 0 saturated carbocycles. The predicted octanol–water partition coefficient (Wildman–Crippen LogP) is 3.22. The van der Waals surface area contributed by atoms with E-state index in [2.05, 4.69) is 29.5 Å². The van der Waals surface area contributed by atoms with Crippen LogP contribution >= 0.6 is 24.0 Å². The van der Waals surface area contributed by atoms with Crippen molar-refractivity contribution in [1.29, 1.82) is 0 Å². The van der Waals surface area contributed by atoms with Crippen LogP contribution in [0, 0.1) is 5.92 Å². The Bertz CT molecular complexity index is 474. The zero-order chi connectivity index (χ0) is 17.7. The Morgan fingerprint density at radius 1 is 1.35 bits per heavy atom. The molecule has 1 aliphatic heterocycles. The van der Waals surface area contributed by atoms with E-state index in [4.69, 9.17) is 13.9 Å². The lowest BCUT2D eigenvalue weighted by Crippen LogP contribution is -2.39. The van der Waals surface area contributed by atoms with Crippen molar-refractivity contribution >= 4 is 29.9 Å². The fourth-order valence-corrected chi connectivity index (χ4v) is 2.58. The summed E-state index contributed by atoms with van der Waals surface area (Å²) in [6.45, 7) is 9.14. The van der Waals surface area contributed by atoms with Crippen LogP contribution in [0.4, 0.5) is 0 Å². The number of hydrogen-bond acceptors (Lipinski definition) is 4. The molecule has 2 rings (SSSR count). The van der Waals surface area contributed by atoms with Crippen LogP contribution in [0.5, 0.6) is 0 Å². The number of ether oxygens (including phenoxy) is 2. The molecule has 1 aromatic rings. The topological polar surface area (TPSA) is 68.0 Å².